The fourth-order valence-corrected chi connectivity index (χ4v) is 1.92. The summed E-state index contributed by atoms with van der Waals surface area (Å²) in [6, 6.07) is 13.4. The maximum Gasteiger partial charge on any atom is 0.261 e. The van der Waals surface area contributed by atoms with Gasteiger partial charge in [0.1, 0.15) is 0 Å². The van der Waals surface area contributed by atoms with Gasteiger partial charge in [0.2, 0.25) is 0 Å². The van der Waals surface area contributed by atoms with Crippen LogP contribution in [0.3, 0.4) is 0 Å². The lowest BCUT2D eigenvalue weighted by molar-refractivity contribution is 0.0990. The Morgan fingerprint density at radius 1 is 1.24 bits per heavy atom. The van der Waals surface area contributed by atoms with Crippen LogP contribution in [0.4, 0.5) is 5.69 Å². The molecular weight excluding hydrogens is 268 g/mol. The second-order valence-electron chi connectivity index (χ2n) is 4.38. The molecule has 0 atom stereocenters. The van der Waals surface area contributed by atoms with Gasteiger partial charge in [-0.2, -0.15) is 5.26 Å². The number of phenols is 1. The van der Waals surface area contributed by atoms with Gasteiger partial charge in [-0.3, -0.25) is 4.79 Å². The summed E-state index contributed by atoms with van der Waals surface area (Å²) in [5.41, 5.74) is 1.30. The number of hydrogen-bond acceptors (Lipinski definition) is 4. The molecule has 0 spiro atoms. The van der Waals surface area contributed by atoms with Gasteiger partial charge in [-0.15, -0.1) is 0 Å². The standard InChI is InChI=1S/C16H14N2O3/c1-18(12-8-6-11(10-17)7-9-12)16(20)13-4-3-5-14(21-2)15(13)19/h3-9,19H,1-2H3. The van der Waals surface area contributed by atoms with Crippen LogP contribution >= 0.6 is 0 Å². The van der Waals surface area contributed by atoms with Crippen LogP contribution in [0.5, 0.6) is 11.5 Å². The number of methoxy groups -OCH3 is 1. The van der Waals surface area contributed by atoms with Crippen molar-refractivity contribution in [1.29, 1.82) is 5.26 Å². The molecule has 2 aromatic rings. The molecule has 0 saturated heterocycles. The molecule has 0 fully saturated rings. The van der Waals surface area contributed by atoms with E-state index in [1.165, 1.54) is 18.1 Å². The second kappa shape index (κ2) is 5.97. The van der Waals surface area contributed by atoms with Crippen LogP contribution < -0.4 is 9.64 Å². The van der Waals surface area contributed by atoms with Crippen LogP contribution in [0.1, 0.15) is 15.9 Å². The average molecular weight is 282 g/mol. The molecular formula is C16H14N2O3. The molecule has 0 unspecified atom stereocenters. The Balaban J connectivity index is 2.33. The first kappa shape index (κ1) is 14.4. The fourth-order valence-electron chi connectivity index (χ4n) is 1.92. The largest absolute Gasteiger partial charge is 0.504 e. The van der Waals surface area contributed by atoms with Gasteiger partial charge in [0.25, 0.3) is 5.91 Å². The number of benzene rings is 2. The second-order valence-corrected chi connectivity index (χ2v) is 4.38. The highest BCUT2D eigenvalue weighted by molar-refractivity contribution is 6.07. The van der Waals surface area contributed by atoms with Crippen LogP contribution in [-0.2, 0) is 0 Å². The molecule has 1 N–H and O–H groups in total. The van der Waals surface area contributed by atoms with E-state index < -0.39 is 0 Å². The van der Waals surface area contributed by atoms with E-state index >= 15 is 0 Å². The number of phenolic OH excluding ortho intramolecular Hbond substituents is 1. The summed E-state index contributed by atoms with van der Waals surface area (Å²) in [5, 5.41) is 18.8. The third kappa shape index (κ3) is 2.79. The third-order valence-electron chi connectivity index (χ3n) is 3.14. The lowest BCUT2D eigenvalue weighted by Gasteiger charge is -2.18. The van der Waals surface area contributed by atoms with Gasteiger partial charge in [-0.25, -0.2) is 0 Å². The molecule has 1 amide bonds. The van der Waals surface area contributed by atoms with Gasteiger partial charge in [0, 0.05) is 12.7 Å². The Hall–Kier alpha value is -3.00. The Bertz CT molecular complexity index is 702. The van der Waals surface area contributed by atoms with Crippen LogP contribution in [0, 0.1) is 11.3 Å². The minimum atomic E-state index is -0.365. The molecule has 2 aromatic carbocycles. The van der Waals surface area contributed by atoms with Gasteiger partial charge in [-0.05, 0) is 36.4 Å². The first-order valence-electron chi connectivity index (χ1n) is 6.22. The lowest BCUT2D eigenvalue weighted by Crippen LogP contribution is -2.26. The lowest BCUT2D eigenvalue weighted by atomic mass is 10.1. The number of aromatic hydroxyl groups is 1. The highest BCUT2D eigenvalue weighted by atomic mass is 16.5. The zero-order valence-electron chi connectivity index (χ0n) is 11.7. The van der Waals surface area contributed by atoms with Crippen molar-refractivity contribution in [3.63, 3.8) is 0 Å². The Labute approximate surface area is 122 Å². The maximum absolute atomic E-state index is 12.4. The number of amides is 1. The van der Waals surface area contributed by atoms with Crippen LogP contribution in [0.25, 0.3) is 0 Å². The number of carbonyl (C=O) groups excluding carboxylic acids is 1. The normalized spacial score (nSPS) is 9.76. The number of anilines is 1. The molecule has 0 aliphatic carbocycles. The SMILES string of the molecule is COc1cccc(C(=O)N(C)c2ccc(C#N)cc2)c1O. The predicted molar refractivity (Wildman–Crippen MR) is 78.5 cm³/mol. The highest BCUT2D eigenvalue weighted by Crippen LogP contribution is 2.30. The molecule has 0 heterocycles. The summed E-state index contributed by atoms with van der Waals surface area (Å²) < 4.78 is 4.99. The monoisotopic (exact) mass is 282 g/mol. The van der Waals surface area contributed by atoms with E-state index in [1.807, 2.05) is 6.07 Å². The molecule has 0 aliphatic heterocycles. The zero-order chi connectivity index (χ0) is 15.4. The molecule has 0 radical (unpaired) electrons. The predicted octanol–water partition coefficient (Wildman–Crippen LogP) is 2.55. The van der Waals surface area contributed by atoms with E-state index in [2.05, 4.69) is 0 Å². The summed E-state index contributed by atoms with van der Waals surface area (Å²) in [6.07, 6.45) is 0. The maximum atomic E-state index is 12.4. The fraction of sp³-hybridized carbons (Fsp3) is 0.125. The van der Waals surface area contributed by atoms with Crippen molar-refractivity contribution in [2.75, 3.05) is 19.1 Å². The summed E-state index contributed by atoms with van der Waals surface area (Å²) in [4.78, 5) is 13.8. The van der Waals surface area contributed by atoms with Crippen molar-refractivity contribution in [1.82, 2.24) is 0 Å². The van der Waals surface area contributed by atoms with Crippen LogP contribution in [0.15, 0.2) is 42.5 Å². The summed E-state index contributed by atoms with van der Waals surface area (Å²) in [7, 11) is 3.02. The van der Waals surface area contributed by atoms with Gasteiger partial charge in [0.05, 0.1) is 24.3 Å². The topological polar surface area (TPSA) is 73.6 Å². The molecule has 21 heavy (non-hydrogen) atoms. The number of nitriles is 1. The first-order chi connectivity index (χ1) is 10.1. The molecule has 2 rings (SSSR count). The van der Waals surface area contributed by atoms with Crippen molar-refractivity contribution < 1.29 is 14.6 Å². The molecule has 5 nitrogen and oxygen atoms in total. The molecule has 0 saturated carbocycles. The van der Waals surface area contributed by atoms with Crippen LogP contribution in [0.2, 0.25) is 0 Å². The number of hydrogen-bond donors (Lipinski definition) is 1. The Morgan fingerprint density at radius 2 is 1.90 bits per heavy atom. The van der Waals surface area contributed by atoms with E-state index in [-0.39, 0.29) is 23.0 Å². The van der Waals surface area contributed by atoms with Crippen molar-refractivity contribution in [3.8, 4) is 17.6 Å². The zero-order valence-corrected chi connectivity index (χ0v) is 11.7. The Morgan fingerprint density at radius 3 is 2.48 bits per heavy atom. The van der Waals surface area contributed by atoms with Crippen LogP contribution in [-0.4, -0.2) is 25.2 Å². The van der Waals surface area contributed by atoms with E-state index in [0.717, 1.165) is 0 Å². The molecule has 5 heteroatoms. The van der Waals surface area contributed by atoms with Gasteiger partial charge in [-0.1, -0.05) is 6.07 Å². The van der Waals surface area contributed by atoms with Gasteiger partial charge in [0.15, 0.2) is 11.5 Å². The number of carbonyl (C=O) groups is 1. The molecule has 106 valence electrons. The van der Waals surface area contributed by atoms with E-state index in [0.29, 0.717) is 11.3 Å². The molecule has 0 aromatic heterocycles. The molecule has 0 bridgehead atoms. The van der Waals surface area contributed by atoms with E-state index in [4.69, 9.17) is 10.00 Å². The number of ether oxygens (including phenoxy) is 1. The minimum absolute atomic E-state index is 0.154. The van der Waals surface area contributed by atoms with Crippen molar-refractivity contribution in [2.45, 2.75) is 0 Å². The summed E-state index contributed by atoms with van der Waals surface area (Å²) >= 11 is 0. The van der Waals surface area contributed by atoms with E-state index in [1.54, 1.807) is 43.4 Å². The Kier molecular flexibility index (Phi) is 4.10. The first-order valence-corrected chi connectivity index (χ1v) is 6.22. The smallest absolute Gasteiger partial charge is 0.261 e. The molecule has 0 aliphatic rings. The van der Waals surface area contributed by atoms with Gasteiger partial charge < -0.3 is 14.7 Å². The van der Waals surface area contributed by atoms with E-state index in [9.17, 15) is 9.90 Å². The minimum Gasteiger partial charge on any atom is -0.504 e. The summed E-state index contributed by atoms with van der Waals surface area (Å²) in [5.74, 6) is -0.310. The summed E-state index contributed by atoms with van der Waals surface area (Å²) in [6.45, 7) is 0. The quantitative estimate of drug-likeness (QED) is 0.938. The number of nitrogens with zero attached hydrogens (tertiary/aromatic N) is 2. The van der Waals surface area contributed by atoms with Crippen molar-refractivity contribution in [2.24, 2.45) is 0 Å². The van der Waals surface area contributed by atoms with Crippen molar-refractivity contribution in [3.05, 3.63) is 53.6 Å². The number of rotatable bonds is 3. The van der Waals surface area contributed by atoms with Crippen molar-refractivity contribution >= 4 is 11.6 Å². The third-order valence-corrected chi connectivity index (χ3v) is 3.14. The highest BCUT2D eigenvalue weighted by Gasteiger charge is 2.19. The number of para-hydroxylation sites is 1. The average Bonchev–Trinajstić information content (AvgIpc) is 2.54. The van der Waals surface area contributed by atoms with Gasteiger partial charge >= 0.3 is 0 Å².